The lowest BCUT2D eigenvalue weighted by Gasteiger charge is -2.21. The molecule has 0 spiro atoms. The molecule has 0 aliphatic heterocycles. The molecule has 4 heterocycles. The van der Waals surface area contributed by atoms with Crippen molar-refractivity contribution in [3.63, 3.8) is 0 Å². The van der Waals surface area contributed by atoms with Crippen molar-refractivity contribution in [2.75, 3.05) is 23.9 Å². The number of anilines is 4. The zero-order valence-electron chi connectivity index (χ0n) is 30.0. The lowest BCUT2D eigenvalue weighted by molar-refractivity contribution is 0.626. The molecule has 0 N–H and O–H groups in total. The monoisotopic (exact) mass is 1040 g/mol. The van der Waals surface area contributed by atoms with Gasteiger partial charge in [0.2, 0.25) is 10.6 Å². The van der Waals surface area contributed by atoms with Crippen molar-refractivity contribution >= 4 is 163 Å². The molecule has 59 heavy (non-hydrogen) atoms. The molecule has 0 aliphatic rings. The predicted octanol–water partition coefficient (Wildman–Crippen LogP) is 13.8. The van der Waals surface area contributed by atoms with Crippen LogP contribution in [0.2, 0.25) is 30.8 Å². The molecule has 9 aromatic rings. The lowest BCUT2D eigenvalue weighted by Crippen LogP contribution is -2.13. The highest BCUT2D eigenvalue weighted by Gasteiger charge is 2.17. The van der Waals surface area contributed by atoms with E-state index in [1.165, 1.54) is 24.3 Å². The summed E-state index contributed by atoms with van der Waals surface area (Å²) >= 11 is 42.0. The van der Waals surface area contributed by atoms with Crippen LogP contribution < -0.4 is 9.80 Å². The van der Waals surface area contributed by atoms with Crippen LogP contribution in [0.5, 0.6) is 0 Å². The van der Waals surface area contributed by atoms with E-state index in [4.69, 9.17) is 69.6 Å². The molecule has 0 amide bonds. The molecule has 0 saturated heterocycles. The van der Waals surface area contributed by atoms with E-state index < -0.39 is 0 Å². The zero-order chi connectivity index (χ0) is 42.1. The zero-order valence-corrected chi connectivity index (χ0v) is 37.7. The molecule has 10 nitrogen and oxygen atoms in total. The van der Waals surface area contributed by atoms with Crippen LogP contribution in [0.1, 0.15) is 0 Å². The Balaban J connectivity index is 0.000000140. The third kappa shape index (κ3) is 9.87. The molecular formula is C39H22Br2Cl6F2N10. The Morgan fingerprint density at radius 2 is 1.03 bits per heavy atom. The Kier molecular flexibility index (Phi) is 13.2. The van der Waals surface area contributed by atoms with Gasteiger partial charge in [-0.15, -0.1) is 10.2 Å². The molecule has 20 heteroatoms. The molecule has 4 aromatic heterocycles. The fraction of sp³-hybridized carbons (Fsp3) is 0.0513. The molecule has 5 aromatic carbocycles. The first-order valence-corrected chi connectivity index (χ1v) is 20.6. The summed E-state index contributed by atoms with van der Waals surface area (Å²) in [5.41, 5.74) is 3.41. The minimum atomic E-state index is -0.344. The van der Waals surface area contributed by atoms with E-state index >= 15 is 0 Å². The average molecular weight is 1040 g/mol. The number of fused-ring (bicyclic) bond motifs is 5. The third-order valence-corrected chi connectivity index (χ3v) is 10.7. The highest BCUT2D eigenvalue weighted by atomic mass is 79.9. The predicted molar refractivity (Wildman–Crippen MR) is 242 cm³/mol. The third-order valence-electron chi connectivity index (χ3n) is 8.50. The highest BCUT2D eigenvalue weighted by molar-refractivity contribution is 9.10. The van der Waals surface area contributed by atoms with Crippen molar-refractivity contribution in [3.05, 3.63) is 149 Å². The van der Waals surface area contributed by atoms with E-state index in [1.807, 2.05) is 31.3 Å². The van der Waals surface area contributed by atoms with Gasteiger partial charge in [-0.05, 0) is 114 Å². The first kappa shape index (κ1) is 42.9. The van der Waals surface area contributed by atoms with Gasteiger partial charge in [-0.1, -0.05) is 78.3 Å². The number of aromatic nitrogens is 8. The van der Waals surface area contributed by atoms with Gasteiger partial charge in [0, 0.05) is 65.6 Å². The maximum absolute atomic E-state index is 13.8. The standard InChI is InChI=1S/C16H10BrClFN5.C15H9BrCl2FN3.C8H3Cl3N2/c1-23(12-5-9(17)4-11(19)7-12)15-13-3-2-10(18)6-14(13)24-8-20-22-16(24)21-15;1-22(11-5-8(16)4-10(19)7-11)14-12-3-2-9(17)6-13(12)20-15(18)21-14;9-4-1-2-5-6(3-4)12-8(11)13-7(5)10/h2-8H,1H3;2-7H,1H3;1-3H. The van der Waals surface area contributed by atoms with Crippen LogP contribution >= 0.6 is 101 Å². The largest absolute Gasteiger partial charge is 0.329 e. The van der Waals surface area contributed by atoms with Gasteiger partial charge in [0.25, 0.3) is 5.78 Å². The molecule has 0 bridgehead atoms. The second-order valence-electron chi connectivity index (χ2n) is 12.4. The summed E-state index contributed by atoms with van der Waals surface area (Å²) in [6, 6.07) is 25.2. The second-order valence-corrected chi connectivity index (χ2v) is 16.6. The van der Waals surface area contributed by atoms with Gasteiger partial charge in [0.05, 0.1) is 16.6 Å². The normalized spacial score (nSPS) is 11.1. The second kappa shape index (κ2) is 18.2. The Labute approximate surface area is 380 Å². The van der Waals surface area contributed by atoms with E-state index in [-0.39, 0.29) is 22.2 Å². The van der Waals surface area contributed by atoms with Crippen molar-refractivity contribution in [1.29, 1.82) is 0 Å². The van der Waals surface area contributed by atoms with Crippen LogP contribution in [0.3, 0.4) is 0 Å². The minimum Gasteiger partial charge on any atom is -0.329 e. The van der Waals surface area contributed by atoms with Gasteiger partial charge in [0.1, 0.15) is 34.8 Å². The smallest absolute Gasteiger partial charge is 0.257 e. The molecule has 9 rings (SSSR count). The molecule has 0 aliphatic carbocycles. The Hall–Kier alpha value is -4.25. The van der Waals surface area contributed by atoms with E-state index in [9.17, 15) is 8.78 Å². The number of halogens is 10. The highest BCUT2D eigenvalue weighted by Crippen LogP contribution is 2.35. The van der Waals surface area contributed by atoms with Gasteiger partial charge < -0.3 is 9.80 Å². The fourth-order valence-electron chi connectivity index (χ4n) is 5.84. The number of hydrogen-bond acceptors (Lipinski definition) is 9. The molecule has 0 radical (unpaired) electrons. The van der Waals surface area contributed by atoms with Crippen LogP contribution in [0.4, 0.5) is 31.8 Å². The van der Waals surface area contributed by atoms with E-state index in [0.29, 0.717) is 69.0 Å². The van der Waals surface area contributed by atoms with Crippen molar-refractivity contribution in [3.8, 4) is 0 Å². The Morgan fingerprint density at radius 3 is 1.61 bits per heavy atom. The first-order chi connectivity index (χ1) is 28.1. The van der Waals surface area contributed by atoms with Crippen LogP contribution in [0.15, 0.2) is 106 Å². The maximum atomic E-state index is 13.8. The van der Waals surface area contributed by atoms with Crippen molar-refractivity contribution in [2.24, 2.45) is 0 Å². The molecule has 0 unspecified atom stereocenters. The number of rotatable bonds is 4. The van der Waals surface area contributed by atoms with E-state index in [0.717, 1.165) is 21.7 Å². The summed E-state index contributed by atoms with van der Waals surface area (Å²) in [7, 11) is 3.61. The molecule has 0 atom stereocenters. The summed E-state index contributed by atoms with van der Waals surface area (Å²) < 4.78 is 30.4. The van der Waals surface area contributed by atoms with Crippen molar-refractivity contribution < 1.29 is 8.78 Å². The Morgan fingerprint density at radius 1 is 0.542 bits per heavy atom. The van der Waals surface area contributed by atoms with Crippen LogP contribution in [0, 0.1) is 11.6 Å². The first-order valence-electron chi connectivity index (χ1n) is 16.7. The summed E-state index contributed by atoms with van der Waals surface area (Å²) in [5, 5.41) is 12.6. The van der Waals surface area contributed by atoms with Gasteiger partial charge >= 0.3 is 0 Å². The minimum absolute atomic E-state index is 0.104. The average Bonchev–Trinajstić information content (AvgIpc) is 3.65. The maximum Gasteiger partial charge on any atom is 0.257 e. The summed E-state index contributed by atoms with van der Waals surface area (Å²) in [6.45, 7) is 0. The van der Waals surface area contributed by atoms with Gasteiger partial charge in [-0.2, -0.15) is 9.97 Å². The topological polar surface area (TPSA) is 101 Å². The number of nitrogens with zero attached hydrogens (tertiary/aromatic N) is 10. The van der Waals surface area contributed by atoms with E-state index in [2.05, 4.69) is 67.0 Å². The molecule has 298 valence electrons. The van der Waals surface area contributed by atoms with Gasteiger partial charge in [-0.3, -0.25) is 4.40 Å². The summed E-state index contributed by atoms with van der Waals surface area (Å²) in [4.78, 5) is 24.3. The van der Waals surface area contributed by atoms with Crippen LogP contribution in [-0.2, 0) is 0 Å². The summed E-state index contributed by atoms with van der Waals surface area (Å²) in [5.74, 6) is 0.983. The summed E-state index contributed by atoms with van der Waals surface area (Å²) in [6.07, 6.45) is 1.59. The van der Waals surface area contributed by atoms with Gasteiger partial charge in [-0.25, -0.2) is 23.7 Å². The van der Waals surface area contributed by atoms with Gasteiger partial charge in [0.15, 0.2) is 0 Å². The SMILES string of the molecule is CN(c1cc(F)cc(Br)c1)c1nc(Cl)nc2cc(Cl)ccc12.CN(c1cc(F)cc(Br)c1)c1nc2nncn2c2cc(Cl)ccc12.Clc1ccc2c(Cl)nc(Cl)nc2c1. The lowest BCUT2D eigenvalue weighted by atomic mass is 10.2. The van der Waals surface area contributed by atoms with Crippen molar-refractivity contribution in [1.82, 2.24) is 39.5 Å². The number of hydrogen-bond donors (Lipinski definition) is 0. The van der Waals surface area contributed by atoms with Crippen LogP contribution in [0.25, 0.3) is 38.5 Å². The van der Waals surface area contributed by atoms with Crippen molar-refractivity contribution in [2.45, 2.75) is 0 Å². The quantitative estimate of drug-likeness (QED) is 0.126. The molecule has 0 fully saturated rings. The fourth-order valence-corrected chi connectivity index (χ4v) is 7.88. The molecule has 0 saturated carbocycles. The van der Waals surface area contributed by atoms with E-state index in [1.54, 1.807) is 70.0 Å². The Bertz CT molecular complexity index is 3000. The van der Waals surface area contributed by atoms with Crippen LogP contribution in [-0.4, -0.2) is 53.6 Å². The number of benzene rings is 5. The molecular weight excluding hydrogens is 1020 g/mol.